The standard InChI is InChI=1S/C19H21N5O/c1-13-12-15-4-2-3-5-17(15)24(13)11-10-22-18(25)14-6-8-16(9-7-14)23-19(20)21/h2-9,12H,10-11H2,1H3,(H,22,25)(H4,20,21,23). The van der Waals surface area contributed by atoms with Gasteiger partial charge in [-0.05, 0) is 48.7 Å². The van der Waals surface area contributed by atoms with E-state index in [1.165, 1.54) is 16.6 Å². The minimum atomic E-state index is -0.120. The molecule has 0 bridgehead atoms. The van der Waals surface area contributed by atoms with E-state index in [0.717, 1.165) is 6.54 Å². The van der Waals surface area contributed by atoms with Crippen LogP contribution in [0.1, 0.15) is 16.1 Å². The summed E-state index contributed by atoms with van der Waals surface area (Å²) in [6.07, 6.45) is 0. The van der Waals surface area contributed by atoms with E-state index in [1.807, 2.05) is 12.1 Å². The van der Waals surface area contributed by atoms with Gasteiger partial charge in [0.2, 0.25) is 0 Å². The molecule has 0 atom stereocenters. The number of nitrogens with one attached hydrogen (secondary N) is 1. The fraction of sp³-hybridized carbons (Fsp3) is 0.158. The van der Waals surface area contributed by atoms with Crippen LogP contribution in [0.15, 0.2) is 59.6 Å². The molecule has 0 saturated heterocycles. The first kappa shape index (κ1) is 16.6. The molecule has 1 heterocycles. The number of guanidine groups is 1. The van der Waals surface area contributed by atoms with E-state index in [9.17, 15) is 4.79 Å². The number of carbonyl (C=O) groups is 1. The molecule has 0 saturated carbocycles. The molecule has 0 radical (unpaired) electrons. The summed E-state index contributed by atoms with van der Waals surface area (Å²) in [5.41, 5.74) is 14.2. The zero-order valence-electron chi connectivity index (χ0n) is 14.1. The Labute approximate surface area is 146 Å². The van der Waals surface area contributed by atoms with Crippen molar-refractivity contribution in [2.45, 2.75) is 13.5 Å². The van der Waals surface area contributed by atoms with Gasteiger partial charge in [0.1, 0.15) is 0 Å². The minimum Gasteiger partial charge on any atom is -0.370 e. The Kier molecular flexibility index (Phi) is 4.70. The van der Waals surface area contributed by atoms with Crippen molar-refractivity contribution in [3.63, 3.8) is 0 Å². The van der Waals surface area contributed by atoms with E-state index in [1.54, 1.807) is 24.3 Å². The molecule has 0 unspecified atom stereocenters. The van der Waals surface area contributed by atoms with E-state index in [0.29, 0.717) is 17.8 Å². The molecule has 2 aromatic carbocycles. The third-order valence-electron chi connectivity index (χ3n) is 4.03. The summed E-state index contributed by atoms with van der Waals surface area (Å²) >= 11 is 0. The van der Waals surface area contributed by atoms with Gasteiger partial charge in [-0.2, -0.15) is 0 Å². The van der Waals surface area contributed by atoms with Crippen LogP contribution in [0, 0.1) is 6.92 Å². The van der Waals surface area contributed by atoms with E-state index < -0.39 is 0 Å². The van der Waals surface area contributed by atoms with Crippen molar-refractivity contribution in [3.8, 4) is 0 Å². The van der Waals surface area contributed by atoms with Gasteiger partial charge in [-0.15, -0.1) is 0 Å². The topological polar surface area (TPSA) is 98.4 Å². The first-order valence-electron chi connectivity index (χ1n) is 8.07. The summed E-state index contributed by atoms with van der Waals surface area (Å²) in [6.45, 7) is 3.34. The molecule has 25 heavy (non-hydrogen) atoms. The second-order valence-electron chi connectivity index (χ2n) is 5.84. The Morgan fingerprint density at radius 3 is 2.56 bits per heavy atom. The van der Waals surface area contributed by atoms with Crippen molar-refractivity contribution >= 4 is 28.5 Å². The van der Waals surface area contributed by atoms with Crippen molar-refractivity contribution in [2.24, 2.45) is 16.5 Å². The highest BCUT2D eigenvalue weighted by molar-refractivity contribution is 5.94. The van der Waals surface area contributed by atoms with Gasteiger partial charge in [-0.25, -0.2) is 4.99 Å². The van der Waals surface area contributed by atoms with Crippen LogP contribution in [0.2, 0.25) is 0 Å². The van der Waals surface area contributed by atoms with Crippen LogP contribution >= 0.6 is 0 Å². The average Bonchev–Trinajstić information content (AvgIpc) is 2.90. The van der Waals surface area contributed by atoms with E-state index >= 15 is 0 Å². The van der Waals surface area contributed by atoms with Crippen molar-refractivity contribution in [3.05, 3.63) is 65.9 Å². The third-order valence-corrected chi connectivity index (χ3v) is 4.03. The molecule has 3 aromatic rings. The van der Waals surface area contributed by atoms with Gasteiger partial charge < -0.3 is 21.4 Å². The lowest BCUT2D eigenvalue weighted by Crippen LogP contribution is -2.27. The molecule has 3 rings (SSSR count). The maximum atomic E-state index is 12.2. The predicted octanol–water partition coefficient (Wildman–Crippen LogP) is 2.28. The zero-order valence-corrected chi connectivity index (χ0v) is 14.1. The van der Waals surface area contributed by atoms with Crippen molar-refractivity contribution in [2.75, 3.05) is 6.54 Å². The number of para-hydroxylation sites is 1. The lowest BCUT2D eigenvalue weighted by molar-refractivity contribution is 0.0952. The van der Waals surface area contributed by atoms with Crippen LogP contribution in [0.5, 0.6) is 0 Å². The monoisotopic (exact) mass is 335 g/mol. The normalized spacial score (nSPS) is 10.6. The summed E-state index contributed by atoms with van der Waals surface area (Å²) in [4.78, 5) is 16.2. The number of aromatic nitrogens is 1. The maximum Gasteiger partial charge on any atom is 0.251 e. The van der Waals surface area contributed by atoms with Crippen LogP contribution in [0.25, 0.3) is 10.9 Å². The Balaban J connectivity index is 1.62. The van der Waals surface area contributed by atoms with Crippen LogP contribution < -0.4 is 16.8 Å². The highest BCUT2D eigenvalue weighted by atomic mass is 16.1. The number of fused-ring (bicyclic) bond motifs is 1. The van der Waals surface area contributed by atoms with Gasteiger partial charge in [0.25, 0.3) is 5.91 Å². The maximum absolute atomic E-state index is 12.2. The first-order valence-corrected chi connectivity index (χ1v) is 8.07. The number of hydrogen-bond acceptors (Lipinski definition) is 2. The lowest BCUT2D eigenvalue weighted by atomic mass is 10.2. The molecule has 1 amide bonds. The van der Waals surface area contributed by atoms with Crippen molar-refractivity contribution in [1.82, 2.24) is 9.88 Å². The van der Waals surface area contributed by atoms with Crippen molar-refractivity contribution < 1.29 is 4.79 Å². The van der Waals surface area contributed by atoms with E-state index in [-0.39, 0.29) is 11.9 Å². The summed E-state index contributed by atoms with van der Waals surface area (Å²) in [6, 6.07) is 17.2. The average molecular weight is 335 g/mol. The van der Waals surface area contributed by atoms with Gasteiger partial charge >= 0.3 is 0 Å². The van der Waals surface area contributed by atoms with Gasteiger partial charge in [-0.3, -0.25) is 4.79 Å². The number of rotatable bonds is 5. The van der Waals surface area contributed by atoms with Crippen LogP contribution in [0.4, 0.5) is 5.69 Å². The second-order valence-corrected chi connectivity index (χ2v) is 5.84. The zero-order chi connectivity index (χ0) is 17.8. The molecule has 0 fully saturated rings. The number of hydrogen-bond donors (Lipinski definition) is 3. The van der Waals surface area contributed by atoms with Gasteiger partial charge in [-0.1, -0.05) is 18.2 Å². The van der Waals surface area contributed by atoms with Crippen LogP contribution in [0.3, 0.4) is 0 Å². The first-order chi connectivity index (χ1) is 12.0. The molecule has 128 valence electrons. The number of carbonyl (C=O) groups excluding carboxylic acids is 1. The molecule has 0 aliphatic heterocycles. The fourth-order valence-corrected chi connectivity index (χ4v) is 2.86. The molecular weight excluding hydrogens is 314 g/mol. The molecular formula is C19H21N5O. The van der Waals surface area contributed by atoms with Crippen LogP contribution in [-0.2, 0) is 6.54 Å². The largest absolute Gasteiger partial charge is 0.370 e. The van der Waals surface area contributed by atoms with Gasteiger partial charge in [0, 0.05) is 29.9 Å². The number of aliphatic imine (C=N–C) groups is 1. The van der Waals surface area contributed by atoms with E-state index in [4.69, 9.17) is 11.5 Å². The highest BCUT2D eigenvalue weighted by Crippen LogP contribution is 2.18. The number of nitrogens with two attached hydrogens (primary N) is 2. The summed E-state index contributed by atoms with van der Waals surface area (Å²) in [5, 5.41) is 4.15. The molecule has 5 N–H and O–H groups in total. The molecule has 0 spiro atoms. The second kappa shape index (κ2) is 7.09. The molecule has 0 aliphatic carbocycles. The smallest absolute Gasteiger partial charge is 0.251 e. The lowest BCUT2D eigenvalue weighted by Gasteiger charge is -2.10. The molecule has 1 aromatic heterocycles. The summed E-state index contributed by atoms with van der Waals surface area (Å²) in [7, 11) is 0. The Bertz CT molecular complexity index is 921. The van der Waals surface area contributed by atoms with Crippen LogP contribution in [-0.4, -0.2) is 23.0 Å². The number of benzene rings is 2. The highest BCUT2D eigenvalue weighted by Gasteiger charge is 2.07. The molecule has 6 nitrogen and oxygen atoms in total. The van der Waals surface area contributed by atoms with E-state index in [2.05, 4.69) is 40.0 Å². The van der Waals surface area contributed by atoms with Gasteiger partial charge in [0.15, 0.2) is 5.96 Å². The fourth-order valence-electron chi connectivity index (χ4n) is 2.86. The van der Waals surface area contributed by atoms with Gasteiger partial charge in [0.05, 0.1) is 5.69 Å². The quantitative estimate of drug-likeness (QED) is 0.493. The number of nitrogens with zero attached hydrogens (tertiary/aromatic N) is 2. The number of aryl methyl sites for hydroxylation is 1. The summed E-state index contributed by atoms with van der Waals surface area (Å²) < 4.78 is 2.21. The van der Waals surface area contributed by atoms with Crippen molar-refractivity contribution in [1.29, 1.82) is 0 Å². The Morgan fingerprint density at radius 1 is 1.12 bits per heavy atom. The molecule has 0 aliphatic rings. The predicted molar refractivity (Wildman–Crippen MR) is 101 cm³/mol. The number of amides is 1. The Hall–Kier alpha value is -3.28. The Morgan fingerprint density at radius 2 is 1.84 bits per heavy atom. The third kappa shape index (κ3) is 3.80. The minimum absolute atomic E-state index is 0.00785. The molecule has 6 heteroatoms. The SMILES string of the molecule is Cc1cc2ccccc2n1CCNC(=O)c1ccc(N=C(N)N)cc1. The summed E-state index contributed by atoms with van der Waals surface area (Å²) in [5.74, 6) is -0.128.